The molecule has 0 saturated carbocycles. The molecule has 4 rings (SSSR count). The molecule has 1 N–H and O–H groups in total. The number of benzene rings is 2. The molecule has 0 saturated heterocycles. The molecule has 0 aliphatic heterocycles. The maximum absolute atomic E-state index is 5.48. The second-order valence-electron chi connectivity index (χ2n) is 8.92. The van der Waals surface area contributed by atoms with E-state index in [4.69, 9.17) is 9.72 Å². The number of methoxy groups -OCH3 is 1. The second kappa shape index (κ2) is 8.07. The molecular weight excluding hydrogens is 372 g/mol. The normalized spacial score (nSPS) is 14.2. The Balaban J connectivity index is 1.66. The third-order valence-electron chi connectivity index (χ3n) is 5.74. The van der Waals surface area contributed by atoms with Crippen molar-refractivity contribution in [3.63, 3.8) is 0 Å². The predicted octanol–water partition coefficient (Wildman–Crippen LogP) is 4.83. The Morgan fingerprint density at radius 2 is 1.97 bits per heavy atom. The monoisotopic (exact) mass is 402 g/mol. The number of fused-ring (bicyclic) bond motifs is 3. The summed E-state index contributed by atoms with van der Waals surface area (Å²) in [5.41, 5.74) is 6.93. The molecule has 0 spiro atoms. The molecule has 0 unspecified atom stereocenters. The van der Waals surface area contributed by atoms with Crippen LogP contribution in [0.5, 0.6) is 5.75 Å². The van der Waals surface area contributed by atoms with Gasteiger partial charge in [-0.25, -0.2) is 9.97 Å². The maximum Gasteiger partial charge on any atom is 0.227 e. The summed E-state index contributed by atoms with van der Waals surface area (Å²) in [6, 6.07) is 14.8. The molecule has 5 heteroatoms. The number of nitrogens with one attached hydrogen (secondary N) is 1. The molecule has 1 aromatic heterocycles. The summed E-state index contributed by atoms with van der Waals surface area (Å²) in [6.45, 7) is 5.56. The molecule has 0 fully saturated rings. The fourth-order valence-electron chi connectivity index (χ4n) is 4.12. The lowest BCUT2D eigenvalue weighted by molar-refractivity contribution is 0.413. The zero-order valence-corrected chi connectivity index (χ0v) is 18.5. The van der Waals surface area contributed by atoms with Crippen LogP contribution < -0.4 is 10.1 Å². The van der Waals surface area contributed by atoms with Crippen molar-refractivity contribution in [2.75, 3.05) is 33.1 Å². The van der Waals surface area contributed by atoms with E-state index in [-0.39, 0.29) is 5.41 Å². The zero-order valence-electron chi connectivity index (χ0n) is 18.5. The van der Waals surface area contributed by atoms with E-state index in [0.717, 1.165) is 42.1 Å². The van der Waals surface area contributed by atoms with Gasteiger partial charge in [0.05, 0.1) is 12.8 Å². The van der Waals surface area contributed by atoms with Gasteiger partial charge in [0.2, 0.25) is 5.95 Å². The average Bonchev–Trinajstić information content (AvgIpc) is 2.72. The van der Waals surface area contributed by atoms with E-state index in [1.54, 1.807) is 7.11 Å². The molecule has 156 valence electrons. The van der Waals surface area contributed by atoms with Crippen molar-refractivity contribution in [1.29, 1.82) is 0 Å². The molecule has 1 heterocycles. The number of ether oxygens (including phenoxy) is 1. The van der Waals surface area contributed by atoms with Gasteiger partial charge in [-0.1, -0.05) is 32.0 Å². The highest BCUT2D eigenvalue weighted by molar-refractivity contribution is 5.74. The highest BCUT2D eigenvalue weighted by Gasteiger charge is 2.32. The minimum atomic E-state index is 0.0354. The highest BCUT2D eigenvalue weighted by Crippen LogP contribution is 2.43. The Morgan fingerprint density at radius 3 is 2.73 bits per heavy atom. The average molecular weight is 403 g/mol. The summed E-state index contributed by atoms with van der Waals surface area (Å²) < 4.78 is 5.48. The van der Waals surface area contributed by atoms with Gasteiger partial charge in [0.25, 0.3) is 0 Å². The van der Waals surface area contributed by atoms with Gasteiger partial charge in [-0.05, 0) is 73.3 Å². The van der Waals surface area contributed by atoms with Crippen LogP contribution in [0, 0.1) is 0 Å². The van der Waals surface area contributed by atoms with Gasteiger partial charge in [0, 0.05) is 24.0 Å². The number of likely N-dealkylation sites (N-methyl/N-ethyl adjacent to an activating group) is 1. The van der Waals surface area contributed by atoms with Crippen LogP contribution in [0.3, 0.4) is 0 Å². The Labute approximate surface area is 179 Å². The third kappa shape index (κ3) is 4.17. The standard InChI is InChI=1S/C25H30N4O/c1-25(2)15-18-16-26-24(27-19-8-6-7-17(13-19)11-12-29(3)4)28-23(18)21-14-20(30-5)9-10-22(21)25/h6-10,13-14,16H,11-12,15H2,1-5H3,(H,26,27,28). The van der Waals surface area contributed by atoms with Crippen molar-refractivity contribution in [1.82, 2.24) is 14.9 Å². The summed E-state index contributed by atoms with van der Waals surface area (Å²) in [4.78, 5) is 11.7. The summed E-state index contributed by atoms with van der Waals surface area (Å²) in [6.07, 6.45) is 3.89. The van der Waals surface area contributed by atoms with Crippen molar-refractivity contribution < 1.29 is 4.74 Å². The number of hydrogen-bond acceptors (Lipinski definition) is 5. The maximum atomic E-state index is 5.48. The van der Waals surface area contributed by atoms with E-state index in [1.165, 1.54) is 16.7 Å². The topological polar surface area (TPSA) is 50.3 Å². The molecule has 3 aromatic rings. The Bertz CT molecular complexity index is 1060. The molecule has 1 aliphatic carbocycles. The molecule has 0 bridgehead atoms. The first-order valence-corrected chi connectivity index (χ1v) is 10.4. The lowest BCUT2D eigenvalue weighted by Crippen LogP contribution is -2.26. The first kappa shape index (κ1) is 20.4. The molecule has 0 atom stereocenters. The number of rotatable bonds is 6. The summed E-state index contributed by atoms with van der Waals surface area (Å²) >= 11 is 0. The minimum Gasteiger partial charge on any atom is -0.497 e. The second-order valence-corrected chi connectivity index (χ2v) is 8.92. The third-order valence-corrected chi connectivity index (χ3v) is 5.74. The van der Waals surface area contributed by atoms with E-state index >= 15 is 0 Å². The van der Waals surface area contributed by atoms with E-state index < -0.39 is 0 Å². The van der Waals surface area contributed by atoms with Crippen LogP contribution in [0.15, 0.2) is 48.7 Å². The lowest BCUT2D eigenvalue weighted by atomic mass is 9.72. The molecule has 2 aromatic carbocycles. The fraction of sp³-hybridized carbons (Fsp3) is 0.360. The van der Waals surface area contributed by atoms with E-state index in [9.17, 15) is 0 Å². The van der Waals surface area contributed by atoms with E-state index in [2.05, 4.69) is 79.5 Å². The molecule has 1 aliphatic rings. The Hall–Kier alpha value is -2.92. The molecule has 0 radical (unpaired) electrons. The fourth-order valence-corrected chi connectivity index (χ4v) is 4.12. The number of nitrogens with zero attached hydrogens (tertiary/aromatic N) is 3. The predicted molar refractivity (Wildman–Crippen MR) is 123 cm³/mol. The van der Waals surface area contributed by atoms with Crippen LogP contribution in [0.4, 0.5) is 11.6 Å². The van der Waals surface area contributed by atoms with Crippen LogP contribution in [-0.4, -0.2) is 42.6 Å². The highest BCUT2D eigenvalue weighted by atomic mass is 16.5. The van der Waals surface area contributed by atoms with Gasteiger partial charge in [-0.2, -0.15) is 0 Å². The molecule has 30 heavy (non-hydrogen) atoms. The minimum absolute atomic E-state index is 0.0354. The first-order chi connectivity index (χ1) is 14.4. The van der Waals surface area contributed by atoms with Gasteiger partial charge in [0.15, 0.2) is 0 Å². The molecule has 5 nitrogen and oxygen atoms in total. The summed E-state index contributed by atoms with van der Waals surface area (Å²) in [7, 11) is 5.89. The quantitative estimate of drug-likeness (QED) is 0.640. The van der Waals surface area contributed by atoms with Crippen molar-refractivity contribution in [3.05, 3.63) is 65.4 Å². The van der Waals surface area contributed by atoms with Crippen LogP contribution >= 0.6 is 0 Å². The first-order valence-electron chi connectivity index (χ1n) is 10.4. The van der Waals surface area contributed by atoms with Crippen molar-refractivity contribution in [2.24, 2.45) is 0 Å². The van der Waals surface area contributed by atoms with Crippen LogP contribution in [0.1, 0.15) is 30.5 Å². The van der Waals surface area contributed by atoms with Crippen molar-refractivity contribution in [2.45, 2.75) is 32.1 Å². The zero-order chi connectivity index (χ0) is 21.3. The van der Waals surface area contributed by atoms with Gasteiger partial charge >= 0.3 is 0 Å². The van der Waals surface area contributed by atoms with Gasteiger partial charge in [-0.3, -0.25) is 0 Å². The molecule has 0 amide bonds. The lowest BCUT2D eigenvalue weighted by Gasteiger charge is -2.33. The summed E-state index contributed by atoms with van der Waals surface area (Å²) in [5, 5.41) is 3.40. The Morgan fingerprint density at radius 1 is 1.13 bits per heavy atom. The van der Waals surface area contributed by atoms with Gasteiger partial charge < -0.3 is 15.0 Å². The van der Waals surface area contributed by atoms with Gasteiger partial charge in [-0.15, -0.1) is 0 Å². The number of hydrogen-bond donors (Lipinski definition) is 1. The molecular formula is C25H30N4O. The van der Waals surface area contributed by atoms with Gasteiger partial charge in [0.1, 0.15) is 5.75 Å². The van der Waals surface area contributed by atoms with Crippen LogP contribution in [0.2, 0.25) is 0 Å². The van der Waals surface area contributed by atoms with E-state index in [1.807, 2.05) is 12.3 Å². The SMILES string of the molecule is COc1ccc2c(c1)-c1nc(Nc3cccc(CCN(C)C)c3)ncc1CC2(C)C. The van der Waals surface area contributed by atoms with Crippen LogP contribution in [-0.2, 0) is 18.3 Å². The van der Waals surface area contributed by atoms with E-state index in [0.29, 0.717) is 5.95 Å². The smallest absolute Gasteiger partial charge is 0.227 e. The van der Waals surface area contributed by atoms with Crippen molar-refractivity contribution >= 4 is 11.6 Å². The largest absolute Gasteiger partial charge is 0.497 e. The summed E-state index contributed by atoms with van der Waals surface area (Å²) in [5.74, 6) is 1.46. The number of anilines is 2. The number of aromatic nitrogens is 2. The van der Waals surface area contributed by atoms with Crippen molar-refractivity contribution in [3.8, 4) is 17.0 Å². The Kier molecular flexibility index (Phi) is 5.48. The van der Waals surface area contributed by atoms with Crippen LogP contribution in [0.25, 0.3) is 11.3 Å².